The number of hydrogen-bond acceptors (Lipinski definition) is 2. The number of aryl methyl sites for hydroxylation is 1. The molecule has 0 unspecified atom stereocenters. The van der Waals surface area contributed by atoms with Crippen LogP contribution >= 0.6 is 0 Å². The first kappa shape index (κ1) is 23.8. The molecule has 0 amide bonds. The minimum absolute atomic E-state index is 0.196. The molecule has 0 atom stereocenters. The molecule has 1 aromatic carbocycles. The van der Waals surface area contributed by atoms with E-state index in [1.807, 2.05) is 0 Å². The van der Waals surface area contributed by atoms with Gasteiger partial charge in [-0.05, 0) is 56.1 Å². The van der Waals surface area contributed by atoms with Gasteiger partial charge in [-0.25, -0.2) is 4.39 Å². The molecule has 0 spiro atoms. The number of esters is 1. The largest absolute Gasteiger partial charge is 0.423 e. The van der Waals surface area contributed by atoms with Crippen LogP contribution in [0.3, 0.4) is 0 Å². The van der Waals surface area contributed by atoms with Gasteiger partial charge >= 0.3 is 5.97 Å². The Kier molecular flexibility index (Phi) is 10.7. The second-order valence-corrected chi connectivity index (χ2v) is 8.65. The maximum absolute atomic E-state index is 14.4. The first-order valence-corrected chi connectivity index (χ1v) is 11.7. The molecule has 1 aliphatic carbocycles. The van der Waals surface area contributed by atoms with Gasteiger partial charge in [0.05, 0.1) is 5.92 Å². The third-order valence-corrected chi connectivity index (χ3v) is 6.28. The molecule has 1 aliphatic rings. The van der Waals surface area contributed by atoms with Crippen molar-refractivity contribution in [3.05, 3.63) is 29.3 Å². The maximum atomic E-state index is 14.4. The lowest BCUT2D eigenvalue weighted by Crippen LogP contribution is -2.26. The van der Waals surface area contributed by atoms with Crippen LogP contribution in [0.25, 0.3) is 0 Å². The van der Waals surface area contributed by atoms with Crippen LogP contribution in [0, 0.1) is 23.5 Å². The summed E-state index contributed by atoms with van der Waals surface area (Å²) in [7, 11) is 0. The lowest BCUT2D eigenvalue weighted by atomic mass is 9.80. The summed E-state index contributed by atoms with van der Waals surface area (Å²) in [5, 5.41) is 0. The Hall–Kier alpha value is -1.45. The van der Waals surface area contributed by atoms with Gasteiger partial charge in [-0.3, -0.25) is 4.79 Å². The van der Waals surface area contributed by atoms with Crippen molar-refractivity contribution in [3.63, 3.8) is 0 Å². The highest BCUT2D eigenvalue weighted by Crippen LogP contribution is 2.33. The van der Waals surface area contributed by atoms with E-state index >= 15 is 0 Å². The van der Waals surface area contributed by atoms with Gasteiger partial charge in [-0.1, -0.05) is 71.3 Å². The van der Waals surface area contributed by atoms with Crippen molar-refractivity contribution in [2.24, 2.45) is 11.8 Å². The second kappa shape index (κ2) is 13.0. The zero-order valence-corrected chi connectivity index (χ0v) is 18.3. The van der Waals surface area contributed by atoms with E-state index in [0.717, 1.165) is 51.4 Å². The van der Waals surface area contributed by atoms with Gasteiger partial charge in [0.1, 0.15) is 0 Å². The topological polar surface area (TPSA) is 26.3 Å². The quantitative estimate of drug-likeness (QED) is 0.201. The molecule has 0 radical (unpaired) electrons. The van der Waals surface area contributed by atoms with Crippen LogP contribution in [0.4, 0.5) is 8.78 Å². The maximum Gasteiger partial charge on any atom is 0.314 e. The fourth-order valence-corrected chi connectivity index (χ4v) is 4.32. The molecule has 0 aliphatic heterocycles. The van der Waals surface area contributed by atoms with E-state index in [0.29, 0.717) is 17.9 Å². The number of halogens is 2. The van der Waals surface area contributed by atoms with Crippen LogP contribution in [0.1, 0.15) is 103 Å². The molecular formula is C25H38F2O2. The Morgan fingerprint density at radius 1 is 0.897 bits per heavy atom. The molecule has 0 saturated heterocycles. The van der Waals surface area contributed by atoms with E-state index in [9.17, 15) is 13.6 Å². The van der Waals surface area contributed by atoms with Crippen LogP contribution in [0.15, 0.2) is 12.1 Å². The molecule has 1 saturated carbocycles. The van der Waals surface area contributed by atoms with Crippen LogP contribution in [-0.2, 0) is 11.2 Å². The summed E-state index contributed by atoms with van der Waals surface area (Å²) in [6, 6.07) is 2.97. The Labute approximate surface area is 175 Å². The Balaban J connectivity index is 1.82. The van der Waals surface area contributed by atoms with Gasteiger partial charge in [0.15, 0.2) is 11.6 Å². The zero-order chi connectivity index (χ0) is 21.1. The molecule has 29 heavy (non-hydrogen) atoms. The Bertz CT molecular complexity index is 621. The normalized spacial score (nSPS) is 19.3. The fraction of sp³-hybridized carbons (Fsp3) is 0.720. The summed E-state index contributed by atoms with van der Waals surface area (Å²) < 4.78 is 34.0. The van der Waals surface area contributed by atoms with Crippen molar-refractivity contribution in [1.82, 2.24) is 0 Å². The molecule has 0 aromatic heterocycles. The molecule has 2 rings (SSSR count). The van der Waals surface area contributed by atoms with Gasteiger partial charge < -0.3 is 4.74 Å². The van der Waals surface area contributed by atoms with E-state index in [1.54, 1.807) is 6.07 Å². The van der Waals surface area contributed by atoms with Crippen molar-refractivity contribution in [2.45, 2.75) is 104 Å². The standard InChI is InChI=1S/C25H38F2O2/c1-3-5-7-8-10-12-20-17-18-22(24(27)23(20)26)29-25(28)21-15-13-19(14-16-21)11-9-6-4-2/h17-19,21H,3-16H2,1-2H3. The molecule has 1 aromatic rings. The van der Waals surface area contributed by atoms with Crippen molar-refractivity contribution in [2.75, 3.05) is 0 Å². The number of ether oxygens (including phenoxy) is 1. The highest BCUT2D eigenvalue weighted by Gasteiger charge is 2.28. The van der Waals surface area contributed by atoms with E-state index in [2.05, 4.69) is 13.8 Å². The third kappa shape index (κ3) is 7.71. The predicted octanol–water partition coefficient (Wildman–Crippen LogP) is 7.77. The van der Waals surface area contributed by atoms with E-state index in [1.165, 1.54) is 38.2 Å². The molecular weight excluding hydrogens is 370 g/mol. The minimum Gasteiger partial charge on any atom is -0.423 e. The average Bonchev–Trinajstić information content (AvgIpc) is 2.73. The highest BCUT2D eigenvalue weighted by atomic mass is 19.2. The van der Waals surface area contributed by atoms with Gasteiger partial charge in [0, 0.05) is 0 Å². The summed E-state index contributed by atoms with van der Waals surface area (Å²) in [6.45, 7) is 4.35. The zero-order valence-electron chi connectivity index (χ0n) is 18.3. The summed E-state index contributed by atoms with van der Waals surface area (Å²) in [6.07, 6.45) is 14.4. The molecule has 164 valence electrons. The number of benzene rings is 1. The molecule has 0 heterocycles. The molecule has 1 fully saturated rings. The van der Waals surface area contributed by atoms with Crippen molar-refractivity contribution in [1.29, 1.82) is 0 Å². The smallest absolute Gasteiger partial charge is 0.314 e. The first-order valence-electron chi connectivity index (χ1n) is 11.7. The number of rotatable bonds is 12. The number of carbonyl (C=O) groups is 1. The summed E-state index contributed by atoms with van der Waals surface area (Å²) in [5.41, 5.74) is 0.367. The average molecular weight is 409 g/mol. The van der Waals surface area contributed by atoms with Gasteiger partial charge in [0.25, 0.3) is 0 Å². The van der Waals surface area contributed by atoms with E-state index < -0.39 is 17.6 Å². The Morgan fingerprint density at radius 2 is 1.55 bits per heavy atom. The fourth-order valence-electron chi connectivity index (χ4n) is 4.32. The first-order chi connectivity index (χ1) is 14.1. The SMILES string of the molecule is CCCCCCCc1ccc(OC(=O)C2CCC(CCCCC)CC2)c(F)c1F. The monoisotopic (exact) mass is 408 g/mol. The molecule has 0 N–H and O–H groups in total. The molecule has 2 nitrogen and oxygen atoms in total. The predicted molar refractivity (Wildman–Crippen MR) is 114 cm³/mol. The van der Waals surface area contributed by atoms with E-state index in [-0.39, 0.29) is 11.7 Å². The summed E-state index contributed by atoms with van der Waals surface area (Å²) >= 11 is 0. The number of unbranched alkanes of at least 4 members (excludes halogenated alkanes) is 6. The summed E-state index contributed by atoms with van der Waals surface area (Å²) in [4.78, 5) is 12.4. The van der Waals surface area contributed by atoms with E-state index in [4.69, 9.17) is 4.74 Å². The van der Waals surface area contributed by atoms with Crippen LogP contribution in [0.2, 0.25) is 0 Å². The lowest BCUT2D eigenvalue weighted by Gasteiger charge is -2.27. The highest BCUT2D eigenvalue weighted by molar-refractivity contribution is 5.75. The van der Waals surface area contributed by atoms with Gasteiger partial charge in [-0.2, -0.15) is 4.39 Å². The summed E-state index contributed by atoms with van der Waals surface area (Å²) in [5.74, 6) is -2.09. The molecule has 4 heteroatoms. The van der Waals surface area contributed by atoms with Gasteiger partial charge in [0.2, 0.25) is 5.82 Å². The van der Waals surface area contributed by atoms with Gasteiger partial charge in [-0.15, -0.1) is 0 Å². The minimum atomic E-state index is -1.03. The van der Waals surface area contributed by atoms with Crippen molar-refractivity contribution in [3.8, 4) is 5.75 Å². The number of hydrogen-bond donors (Lipinski definition) is 0. The Morgan fingerprint density at radius 3 is 2.24 bits per heavy atom. The van der Waals surface area contributed by atoms with Crippen LogP contribution in [-0.4, -0.2) is 5.97 Å². The third-order valence-electron chi connectivity index (χ3n) is 6.28. The second-order valence-electron chi connectivity index (χ2n) is 8.65. The molecule has 0 bridgehead atoms. The van der Waals surface area contributed by atoms with Crippen LogP contribution < -0.4 is 4.74 Å². The van der Waals surface area contributed by atoms with Crippen molar-refractivity contribution < 1.29 is 18.3 Å². The number of carbonyl (C=O) groups excluding carboxylic acids is 1. The van der Waals surface area contributed by atoms with Crippen molar-refractivity contribution >= 4 is 5.97 Å². The van der Waals surface area contributed by atoms with Crippen LogP contribution in [0.5, 0.6) is 5.75 Å². The lowest BCUT2D eigenvalue weighted by molar-refractivity contribution is -0.140.